The summed E-state index contributed by atoms with van der Waals surface area (Å²) in [7, 11) is 5.76. The molecular weight excluding hydrogens is 298 g/mol. The first kappa shape index (κ1) is 21.9. The molecule has 0 bridgehead atoms. The lowest BCUT2D eigenvalue weighted by atomic mass is 10.1. The number of hydrogen-bond donors (Lipinski definition) is 1. The quantitative estimate of drug-likeness (QED) is 0.307. The van der Waals surface area contributed by atoms with Crippen molar-refractivity contribution in [3.05, 3.63) is 0 Å². The Balaban J connectivity index is 3.92. The van der Waals surface area contributed by atoms with Crippen molar-refractivity contribution in [2.75, 3.05) is 27.7 Å². The Morgan fingerprint density at radius 3 is 2.17 bits per heavy atom. The van der Waals surface area contributed by atoms with Gasteiger partial charge in [-0.25, -0.2) is 0 Å². The topological polar surface area (TPSA) is 86.7 Å². The van der Waals surface area contributed by atoms with E-state index in [4.69, 9.17) is 9.84 Å². The van der Waals surface area contributed by atoms with Gasteiger partial charge in [-0.3, -0.25) is 4.79 Å². The van der Waals surface area contributed by atoms with Gasteiger partial charge in [0.25, 0.3) is 0 Å². The Bertz CT molecular complexity index is 349. The van der Waals surface area contributed by atoms with Crippen molar-refractivity contribution in [3.8, 4) is 0 Å². The molecule has 2 atom stereocenters. The summed E-state index contributed by atoms with van der Waals surface area (Å²) in [5, 5.41) is 19.9. The molecule has 6 heteroatoms. The van der Waals surface area contributed by atoms with Gasteiger partial charge in [0.15, 0.2) is 6.10 Å². The molecule has 0 aromatic carbocycles. The number of hydrogen-bond acceptors (Lipinski definition) is 5. The number of carbonyl (C=O) groups excluding carboxylic acids is 2. The third-order valence-corrected chi connectivity index (χ3v) is 3.45. The van der Waals surface area contributed by atoms with Crippen LogP contribution in [-0.2, 0) is 14.3 Å². The molecular formula is C17H33NO5. The highest BCUT2D eigenvalue weighted by Crippen LogP contribution is 2.11. The molecule has 1 N–H and O–H groups in total. The van der Waals surface area contributed by atoms with Gasteiger partial charge in [-0.2, -0.15) is 0 Å². The van der Waals surface area contributed by atoms with Crippen LogP contribution in [0.15, 0.2) is 0 Å². The van der Waals surface area contributed by atoms with E-state index in [-0.39, 0.29) is 18.5 Å². The van der Waals surface area contributed by atoms with Gasteiger partial charge in [0.1, 0.15) is 6.54 Å². The van der Waals surface area contributed by atoms with E-state index in [0.717, 1.165) is 38.5 Å². The molecule has 0 saturated heterocycles. The van der Waals surface area contributed by atoms with Crippen molar-refractivity contribution < 1.29 is 29.0 Å². The monoisotopic (exact) mass is 331 g/mol. The first-order chi connectivity index (χ1) is 10.6. The molecule has 23 heavy (non-hydrogen) atoms. The fourth-order valence-electron chi connectivity index (χ4n) is 2.42. The van der Waals surface area contributed by atoms with E-state index in [1.165, 1.54) is 0 Å². The number of aliphatic hydroxyl groups excluding tert-OH is 1. The number of carbonyl (C=O) groups is 2. The number of carboxylic acids is 1. The molecule has 0 aliphatic heterocycles. The zero-order valence-corrected chi connectivity index (χ0v) is 15.0. The maximum absolute atomic E-state index is 11.8. The smallest absolute Gasteiger partial charge is 0.306 e. The number of esters is 1. The average Bonchev–Trinajstić information content (AvgIpc) is 2.34. The highest BCUT2D eigenvalue weighted by molar-refractivity contribution is 5.70. The Kier molecular flexibility index (Phi) is 10.8. The number of quaternary nitrogens is 1. The minimum Gasteiger partial charge on any atom is -0.550 e. The number of rotatable bonds is 13. The van der Waals surface area contributed by atoms with Gasteiger partial charge < -0.3 is 24.2 Å². The molecule has 0 radical (unpaired) electrons. The zero-order chi connectivity index (χ0) is 17.9. The number of unbranched alkanes of at least 4 members (excludes halogenated alkanes) is 4. The van der Waals surface area contributed by atoms with Gasteiger partial charge in [-0.1, -0.05) is 25.7 Å². The number of aliphatic carboxylic acids is 1. The van der Waals surface area contributed by atoms with Gasteiger partial charge in [0.2, 0.25) is 0 Å². The summed E-state index contributed by atoms with van der Waals surface area (Å²) in [5.41, 5.74) is 0. The summed E-state index contributed by atoms with van der Waals surface area (Å²) in [5.74, 6) is -1.54. The van der Waals surface area contributed by atoms with Gasteiger partial charge in [0, 0.05) is 18.8 Å². The highest BCUT2D eigenvalue weighted by atomic mass is 16.5. The first-order valence-electron chi connectivity index (χ1n) is 8.48. The van der Waals surface area contributed by atoms with Crippen molar-refractivity contribution in [1.82, 2.24) is 0 Å². The molecule has 0 aliphatic rings. The molecule has 0 aromatic rings. The highest BCUT2D eigenvalue weighted by Gasteiger charge is 2.22. The molecule has 0 aliphatic carbocycles. The van der Waals surface area contributed by atoms with Crippen LogP contribution in [0.4, 0.5) is 0 Å². The molecule has 136 valence electrons. The molecule has 0 heterocycles. The maximum atomic E-state index is 11.8. The van der Waals surface area contributed by atoms with Crippen molar-refractivity contribution >= 4 is 11.9 Å². The van der Waals surface area contributed by atoms with Crippen LogP contribution in [0.1, 0.15) is 58.3 Å². The third-order valence-electron chi connectivity index (χ3n) is 3.45. The molecule has 0 spiro atoms. The largest absolute Gasteiger partial charge is 0.550 e. The van der Waals surface area contributed by atoms with E-state index in [0.29, 0.717) is 17.4 Å². The van der Waals surface area contributed by atoms with E-state index < -0.39 is 12.1 Å². The lowest BCUT2D eigenvalue weighted by Crippen LogP contribution is -2.45. The minimum absolute atomic E-state index is 0.244. The molecule has 0 saturated carbocycles. The average molecular weight is 331 g/mol. The van der Waals surface area contributed by atoms with Gasteiger partial charge in [-0.15, -0.1) is 0 Å². The van der Waals surface area contributed by atoms with Crippen molar-refractivity contribution in [3.63, 3.8) is 0 Å². The van der Waals surface area contributed by atoms with Gasteiger partial charge >= 0.3 is 5.97 Å². The van der Waals surface area contributed by atoms with Crippen LogP contribution in [0.2, 0.25) is 0 Å². The SMILES string of the molecule is CC(O)CCCCCCCC(=O)OC(CC(=O)[O-])C[N+](C)(C)C. The number of likely N-dealkylation sites (N-methyl/N-ethyl adjacent to an activating group) is 1. The molecule has 6 nitrogen and oxygen atoms in total. The van der Waals surface area contributed by atoms with E-state index in [2.05, 4.69) is 0 Å². The molecule has 2 unspecified atom stereocenters. The van der Waals surface area contributed by atoms with E-state index in [1.54, 1.807) is 6.92 Å². The molecule has 0 fully saturated rings. The van der Waals surface area contributed by atoms with Gasteiger partial charge in [0.05, 0.1) is 27.2 Å². The standard InChI is InChI=1S/C17H33NO5/c1-14(19)10-8-6-5-7-9-11-17(22)23-15(12-16(20)21)13-18(2,3)4/h14-15,19H,5-13H2,1-4H3. The van der Waals surface area contributed by atoms with Gasteiger partial charge in [-0.05, 0) is 19.8 Å². The normalized spacial score (nSPS) is 14.3. The maximum Gasteiger partial charge on any atom is 0.306 e. The predicted octanol–water partition coefficient (Wildman–Crippen LogP) is 0.856. The Morgan fingerprint density at radius 2 is 1.65 bits per heavy atom. The van der Waals surface area contributed by atoms with Crippen LogP contribution in [-0.4, -0.2) is 61.4 Å². The van der Waals surface area contributed by atoms with E-state index in [1.807, 2.05) is 21.1 Å². The second-order valence-electron chi connectivity index (χ2n) is 7.32. The summed E-state index contributed by atoms with van der Waals surface area (Å²) in [6.45, 7) is 2.23. The lowest BCUT2D eigenvalue weighted by molar-refractivity contribution is -0.873. The van der Waals surface area contributed by atoms with E-state index in [9.17, 15) is 14.7 Å². The first-order valence-corrected chi connectivity index (χ1v) is 8.48. The molecule has 0 rings (SSSR count). The second-order valence-corrected chi connectivity index (χ2v) is 7.32. The minimum atomic E-state index is -1.20. The Hall–Kier alpha value is -1.14. The van der Waals surface area contributed by atoms with Crippen LogP contribution >= 0.6 is 0 Å². The van der Waals surface area contributed by atoms with Crippen LogP contribution in [0.5, 0.6) is 0 Å². The summed E-state index contributed by atoms with van der Waals surface area (Å²) < 4.78 is 5.81. The third kappa shape index (κ3) is 15.5. The molecule has 0 amide bonds. The van der Waals surface area contributed by atoms with E-state index >= 15 is 0 Å². The van der Waals surface area contributed by atoms with Crippen LogP contribution < -0.4 is 5.11 Å². The number of nitrogens with zero attached hydrogens (tertiary/aromatic N) is 1. The predicted molar refractivity (Wildman–Crippen MR) is 86.4 cm³/mol. The summed E-state index contributed by atoms with van der Waals surface area (Å²) in [6.07, 6.45) is 4.75. The number of carboxylic acid groups (broad SMARTS) is 1. The van der Waals surface area contributed by atoms with Crippen molar-refractivity contribution in [2.24, 2.45) is 0 Å². The zero-order valence-electron chi connectivity index (χ0n) is 15.0. The van der Waals surface area contributed by atoms with Crippen LogP contribution in [0.25, 0.3) is 0 Å². The fraction of sp³-hybridized carbons (Fsp3) is 0.882. The summed E-state index contributed by atoms with van der Waals surface area (Å²) in [4.78, 5) is 22.6. The number of aliphatic hydroxyl groups is 1. The lowest BCUT2D eigenvalue weighted by Gasteiger charge is -2.29. The Labute approximate surface area is 140 Å². The van der Waals surface area contributed by atoms with Crippen LogP contribution in [0, 0.1) is 0 Å². The fourth-order valence-corrected chi connectivity index (χ4v) is 2.42. The molecule has 0 aromatic heterocycles. The van der Waals surface area contributed by atoms with Crippen molar-refractivity contribution in [1.29, 1.82) is 0 Å². The van der Waals surface area contributed by atoms with Crippen LogP contribution in [0.3, 0.4) is 0 Å². The summed E-state index contributed by atoms with van der Waals surface area (Å²) >= 11 is 0. The number of ether oxygens (including phenoxy) is 1. The summed E-state index contributed by atoms with van der Waals surface area (Å²) in [6, 6.07) is 0. The van der Waals surface area contributed by atoms with Crippen molar-refractivity contribution in [2.45, 2.75) is 70.5 Å². The second kappa shape index (κ2) is 11.4. The Morgan fingerprint density at radius 1 is 1.09 bits per heavy atom.